The van der Waals surface area contributed by atoms with Gasteiger partial charge in [0.2, 0.25) is 15.9 Å². The lowest BCUT2D eigenvalue weighted by Gasteiger charge is -2.26. The highest BCUT2D eigenvalue weighted by atomic mass is 32.2. The lowest BCUT2D eigenvalue weighted by Crippen LogP contribution is -2.46. The second-order valence-corrected chi connectivity index (χ2v) is 8.00. The van der Waals surface area contributed by atoms with Crippen LogP contribution in [0.5, 0.6) is 0 Å². The Hall–Kier alpha value is -2.04. The lowest BCUT2D eigenvalue weighted by molar-refractivity contribution is -0.385. The summed E-state index contributed by atoms with van der Waals surface area (Å²) < 4.78 is 26.1. The Morgan fingerprint density at radius 2 is 2.20 bits per heavy atom. The van der Waals surface area contributed by atoms with Gasteiger partial charge in [-0.25, -0.2) is 8.42 Å². The zero-order chi connectivity index (χ0) is 18.6. The van der Waals surface area contributed by atoms with Crippen molar-refractivity contribution in [1.82, 2.24) is 14.5 Å². The third kappa shape index (κ3) is 4.33. The molecule has 138 valence electrons. The fourth-order valence-electron chi connectivity index (χ4n) is 2.92. The lowest BCUT2D eigenvalue weighted by atomic mass is 10.2. The largest absolute Gasteiger partial charge is 0.337 e. The van der Waals surface area contributed by atoms with Crippen LogP contribution in [0.25, 0.3) is 0 Å². The first-order valence-electron chi connectivity index (χ1n) is 7.92. The maximum atomic E-state index is 12.6. The molecule has 0 aromatic heterocycles. The summed E-state index contributed by atoms with van der Waals surface area (Å²) >= 11 is 0. The molecular formula is C15H22N4O5S. The normalized spacial score (nSPS) is 17.9. The molecule has 1 N–H and O–H groups in total. The Morgan fingerprint density at radius 3 is 2.84 bits per heavy atom. The van der Waals surface area contributed by atoms with E-state index in [1.54, 1.807) is 11.9 Å². The minimum absolute atomic E-state index is 0.0615. The predicted molar refractivity (Wildman–Crippen MR) is 91.6 cm³/mol. The van der Waals surface area contributed by atoms with Crippen molar-refractivity contribution in [3.63, 3.8) is 0 Å². The van der Waals surface area contributed by atoms with E-state index in [4.69, 9.17) is 0 Å². The van der Waals surface area contributed by atoms with Gasteiger partial charge in [-0.15, -0.1) is 0 Å². The number of likely N-dealkylation sites (N-methyl/N-ethyl adjacent to an activating group) is 2. The summed E-state index contributed by atoms with van der Waals surface area (Å²) in [5, 5.41) is 13.9. The number of carbonyl (C=O) groups excluding carboxylic acids is 1. The minimum atomic E-state index is -3.98. The monoisotopic (exact) mass is 370 g/mol. The molecule has 0 radical (unpaired) electrons. The molecule has 0 spiro atoms. The van der Waals surface area contributed by atoms with Crippen molar-refractivity contribution >= 4 is 21.6 Å². The highest BCUT2D eigenvalue weighted by Gasteiger charge is 2.31. The Labute approximate surface area is 146 Å². The van der Waals surface area contributed by atoms with Crippen molar-refractivity contribution in [2.75, 3.05) is 33.7 Å². The number of nitrogens with one attached hydrogen (secondary N) is 1. The van der Waals surface area contributed by atoms with E-state index >= 15 is 0 Å². The van der Waals surface area contributed by atoms with E-state index in [0.29, 0.717) is 13.1 Å². The number of sulfonamides is 1. The van der Waals surface area contributed by atoms with Gasteiger partial charge < -0.3 is 10.2 Å². The SMILES string of the molecule is CNCC1CCCN1C(=O)CN(C)S(=O)(=O)c1cccc([N+](=O)[O-])c1. The fourth-order valence-corrected chi connectivity index (χ4v) is 4.08. The predicted octanol–water partition coefficient (Wildman–Crippen LogP) is 0.426. The molecule has 0 aliphatic carbocycles. The van der Waals surface area contributed by atoms with E-state index in [2.05, 4.69) is 5.32 Å². The number of amides is 1. The Morgan fingerprint density at radius 1 is 1.48 bits per heavy atom. The smallest absolute Gasteiger partial charge is 0.270 e. The van der Waals surface area contributed by atoms with Crippen molar-refractivity contribution in [1.29, 1.82) is 0 Å². The average Bonchev–Trinajstić information content (AvgIpc) is 3.03. The zero-order valence-corrected chi connectivity index (χ0v) is 15.0. The molecule has 1 atom stereocenters. The standard InChI is InChI=1S/C15H22N4O5S/c1-16-10-13-6-4-8-18(13)15(20)11-17(2)25(23,24)14-7-3-5-12(9-14)19(21)22/h3,5,7,9,13,16H,4,6,8,10-11H2,1-2H3. The van der Waals surface area contributed by atoms with Crippen molar-refractivity contribution in [3.8, 4) is 0 Å². The number of rotatable bonds is 7. The van der Waals surface area contributed by atoms with Crippen LogP contribution in [0.1, 0.15) is 12.8 Å². The van der Waals surface area contributed by atoms with Crippen LogP contribution >= 0.6 is 0 Å². The van der Waals surface area contributed by atoms with E-state index in [1.807, 2.05) is 0 Å². The van der Waals surface area contributed by atoms with Crippen LogP contribution in [0, 0.1) is 10.1 Å². The highest BCUT2D eigenvalue weighted by molar-refractivity contribution is 7.89. The Bertz CT molecular complexity index is 752. The first-order chi connectivity index (χ1) is 11.8. The molecule has 9 nitrogen and oxygen atoms in total. The third-order valence-electron chi connectivity index (χ3n) is 4.23. The van der Waals surface area contributed by atoms with Crippen LogP contribution in [-0.4, -0.2) is 68.2 Å². The van der Waals surface area contributed by atoms with E-state index in [1.165, 1.54) is 25.2 Å². The van der Waals surface area contributed by atoms with Crippen molar-refractivity contribution in [2.24, 2.45) is 0 Å². The molecule has 1 saturated heterocycles. The molecule has 0 bridgehead atoms. The number of nitrogens with zero attached hydrogens (tertiary/aromatic N) is 3. The molecule has 10 heteroatoms. The van der Waals surface area contributed by atoms with Crippen LogP contribution < -0.4 is 5.32 Å². The summed E-state index contributed by atoms with van der Waals surface area (Å²) in [6.45, 7) is 0.966. The van der Waals surface area contributed by atoms with Crippen LogP contribution in [0.2, 0.25) is 0 Å². The maximum absolute atomic E-state index is 12.6. The molecule has 1 fully saturated rings. The number of hydrogen-bond donors (Lipinski definition) is 1. The second-order valence-electron chi connectivity index (χ2n) is 5.96. The van der Waals surface area contributed by atoms with Gasteiger partial charge in [-0.1, -0.05) is 6.07 Å². The topological polar surface area (TPSA) is 113 Å². The number of hydrogen-bond acceptors (Lipinski definition) is 6. The molecule has 1 aromatic rings. The minimum Gasteiger partial charge on any atom is -0.337 e. The van der Waals surface area contributed by atoms with Gasteiger partial charge in [0.25, 0.3) is 5.69 Å². The number of nitro groups is 1. The van der Waals surface area contributed by atoms with Gasteiger partial charge in [0, 0.05) is 38.3 Å². The van der Waals surface area contributed by atoms with Gasteiger partial charge in [0.1, 0.15) is 0 Å². The van der Waals surface area contributed by atoms with E-state index in [0.717, 1.165) is 23.2 Å². The first-order valence-corrected chi connectivity index (χ1v) is 9.36. The number of likely N-dealkylation sites (tertiary alicyclic amines) is 1. The van der Waals surface area contributed by atoms with Gasteiger partial charge in [-0.2, -0.15) is 4.31 Å². The molecule has 1 amide bonds. The first kappa shape index (κ1) is 19.3. The summed E-state index contributed by atoms with van der Waals surface area (Å²) in [5.74, 6) is -0.269. The molecule has 2 rings (SSSR count). The molecule has 1 aliphatic rings. The summed E-state index contributed by atoms with van der Waals surface area (Å²) in [6.07, 6.45) is 1.77. The summed E-state index contributed by atoms with van der Waals surface area (Å²) in [7, 11) is -0.877. The average molecular weight is 370 g/mol. The van der Waals surface area contributed by atoms with Gasteiger partial charge >= 0.3 is 0 Å². The molecular weight excluding hydrogens is 348 g/mol. The van der Waals surface area contributed by atoms with Gasteiger partial charge in [0.05, 0.1) is 16.4 Å². The van der Waals surface area contributed by atoms with Crippen molar-refractivity contribution < 1.29 is 18.1 Å². The second kappa shape index (κ2) is 7.89. The maximum Gasteiger partial charge on any atom is 0.270 e. The highest BCUT2D eigenvalue weighted by Crippen LogP contribution is 2.21. The van der Waals surface area contributed by atoms with Crippen LogP contribution in [0.4, 0.5) is 5.69 Å². The fraction of sp³-hybridized carbons (Fsp3) is 0.533. The van der Waals surface area contributed by atoms with Gasteiger partial charge in [-0.3, -0.25) is 14.9 Å². The van der Waals surface area contributed by atoms with E-state index in [9.17, 15) is 23.3 Å². The number of non-ortho nitro benzene ring substituents is 1. The summed E-state index contributed by atoms with van der Waals surface area (Å²) in [6, 6.07) is 4.87. The third-order valence-corrected chi connectivity index (χ3v) is 6.03. The van der Waals surface area contributed by atoms with Gasteiger partial charge in [-0.05, 0) is 26.0 Å². The molecule has 1 heterocycles. The number of carbonyl (C=O) groups is 1. The van der Waals surface area contributed by atoms with Crippen molar-refractivity contribution in [2.45, 2.75) is 23.8 Å². The number of nitro benzene ring substituents is 1. The van der Waals surface area contributed by atoms with Crippen LogP contribution in [0.3, 0.4) is 0 Å². The van der Waals surface area contributed by atoms with E-state index in [-0.39, 0.29) is 29.1 Å². The van der Waals surface area contributed by atoms with Gasteiger partial charge in [0.15, 0.2) is 0 Å². The molecule has 1 unspecified atom stereocenters. The molecule has 1 aliphatic heterocycles. The van der Waals surface area contributed by atoms with Crippen LogP contribution in [0.15, 0.2) is 29.2 Å². The Kier molecular flexibility index (Phi) is 6.09. The number of benzene rings is 1. The summed E-state index contributed by atoms with van der Waals surface area (Å²) in [4.78, 5) is 24.1. The quantitative estimate of drug-likeness (QED) is 0.550. The molecule has 0 saturated carbocycles. The van der Waals surface area contributed by atoms with Crippen LogP contribution in [-0.2, 0) is 14.8 Å². The molecule has 1 aromatic carbocycles. The molecule has 25 heavy (non-hydrogen) atoms. The summed E-state index contributed by atoms with van der Waals surface area (Å²) in [5.41, 5.74) is -0.311. The van der Waals surface area contributed by atoms with E-state index < -0.39 is 14.9 Å². The van der Waals surface area contributed by atoms with Crippen molar-refractivity contribution in [3.05, 3.63) is 34.4 Å². The zero-order valence-electron chi connectivity index (χ0n) is 14.2. The Balaban J connectivity index is 2.13.